The van der Waals surface area contributed by atoms with Crippen molar-refractivity contribution in [2.24, 2.45) is 5.92 Å². The number of benzene rings is 2. The van der Waals surface area contributed by atoms with Crippen molar-refractivity contribution in [3.05, 3.63) is 63.2 Å². The van der Waals surface area contributed by atoms with Crippen LogP contribution in [0, 0.1) is 23.0 Å². The van der Waals surface area contributed by atoms with E-state index in [2.05, 4.69) is 0 Å². The molecule has 1 fully saturated rings. The minimum absolute atomic E-state index is 0.0219. The van der Waals surface area contributed by atoms with E-state index in [1.54, 1.807) is 24.3 Å². The SMILES string of the molecule is Cc1ccc(S(=O)(=O)OCCC2CCN(c3ccc(Cl)cc3[N+](=O)[O-])C2)cc1. The van der Waals surface area contributed by atoms with E-state index in [1.165, 1.54) is 18.2 Å². The molecule has 0 saturated carbocycles. The monoisotopic (exact) mass is 424 g/mol. The second kappa shape index (κ2) is 8.46. The molecule has 0 radical (unpaired) electrons. The molecule has 1 heterocycles. The van der Waals surface area contributed by atoms with Gasteiger partial charge in [-0.05, 0) is 49.9 Å². The second-order valence-corrected chi connectivity index (χ2v) is 8.92. The lowest BCUT2D eigenvalue weighted by molar-refractivity contribution is -0.384. The van der Waals surface area contributed by atoms with Crippen molar-refractivity contribution in [1.82, 2.24) is 0 Å². The number of nitro groups is 1. The maximum absolute atomic E-state index is 12.2. The van der Waals surface area contributed by atoms with Crippen molar-refractivity contribution in [2.75, 3.05) is 24.6 Å². The number of aryl methyl sites for hydroxylation is 1. The van der Waals surface area contributed by atoms with Gasteiger partial charge < -0.3 is 4.90 Å². The molecule has 3 rings (SSSR count). The van der Waals surface area contributed by atoms with Crippen LogP contribution >= 0.6 is 11.6 Å². The summed E-state index contributed by atoms with van der Waals surface area (Å²) in [5.41, 5.74) is 1.48. The fraction of sp³-hybridized carbons (Fsp3) is 0.368. The smallest absolute Gasteiger partial charge is 0.296 e. The van der Waals surface area contributed by atoms with E-state index >= 15 is 0 Å². The second-order valence-electron chi connectivity index (χ2n) is 6.87. The molecule has 0 bridgehead atoms. The predicted molar refractivity (Wildman–Crippen MR) is 107 cm³/mol. The number of halogens is 1. The first-order valence-electron chi connectivity index (χ1n) is 8.91. The Hall–Kier alpha value is -2.16. The number of anilines is 1. The molecule has 1 saturated heterocycles. The summed E-state index contributed by atoms with van der Waals surface area (Å²) in [6.45, 7) is 3.24. The summed E-state index contributed by atoms with van der Waals surface area (Å²) in [5.74, 6) is 0.198. The molecule has 0 aliphatic carbocycles. The molecule has 0 N–H and O–H groups in total. The van der Waals surface area contributed by atoms with Crippen molar-refractivity contribution >= 4 is 33.1 Å². The Labute approximate surface area is 169 Å². The predicted octanol–water partition coefficient (Wildman–Crippen LogP) is 4.18. The Morgan fingerprint density at radius 2 is 1.96 bits per heavy atom. The van der Waals surface area contributed by atoms with Gasteiger partial charge in [-0.25, -0.2) is 0 Å². The lowest BCUT2D eigenvalue weighted by Gasteiger charge is -2.18. The number of hydrogen-bond acceptors (Lipinski definition) is 6. The average Bonchev–Trinajstić information content (AvgIpc) is 3.10. The molecule has 7 nitrogen and oxygen atoms in total. The van der Waals surface area contributed by atoms with Gasteiger partial charge in [-0.3, -0.25) is 14.3 Å². The normalized spacial score (nSPS) is 17.1. The van der Waals surface area contributed by atoms with E-state index in [-0.39, 0.29) is 23.1 Å². The zero-order chi connectivity index (χ0) is 20.3. The van der Waals surface area contributed by atoms with E-state index in [0.29, 0.717) is 30.2 Å². The van der Waals surface area contributed by atoms with Gasteiger partial charge in [-0.15, -0.1) is 0 Å². The molecular formula is C19H21ClN2O5S. The van der Waals surface area contributed by atoms with Crippen LogP contribution in [0.2, 0.25) is 5.02 Å². The zero-order valence-corrected chi connectivity index (χ0v) is 16.9. The maximum Gasteiger partial charge on any atom is 0.296 e. The Morgan fingerprint density at radius 1 is 1.25 bits per heavy atom. The molecule has 1 unspecified atom stereocenters. The number of nitrogens with zero attached hydrogens (tertiary/aromatic N) is 2. The molecule has 1 aliphatic heterocycles. The first kappa shape index (κ1) is 20.6. The van der Waals surface area contributed by atoms with Crippen LogP contribution in [0.1, 0.15) is 18.4 Å². The molecule has 150 valence electrons. The topological polar surface area (TPSA) is 89.8 Å². The van der Waals surface area contributed by atoms with Crippen molar-refractivity contribution in [3.63, 3.8) is 0 Å². The summed E-state index contributed by atoms with van der Waals surface area (Å²) < 4.78 is 29.6. The largest absolute Gasteiger partial charge is 0.366 e. The molecule has 2 aromatic carbocycles. The van der Waals surface area contributed by atoms with Crippen LogP contribution in [0.4, 0.5) is 11.4 Å². The van der Waals surface area contributed by atoms with Crippen LogP contribution in [0.15, 0.2) is 47.4 Å². The van der Waals surface area contributed by atoms with Crippen LogP contribution in [0.25, 0.3) is 0 Å². The summed E-state index contributed by atoms with van der Waals surface area (Å²) >= 11 is 5.87. The fourth-order valence-corrected chi connectivity index (χ4v) is 4.38. The van der Waals surface area contributed by atoms with Gasteiger partial charge in [-0.1, -0.05) is 29.3 Å². The van der Waals surface area contributed by atoms with E-state index < -0.39 is 15.0 Å². The van der Waals surface area contributed by atoms with E-state index in [0.717, 1.165) is 12.0 Å². The number of rotatable bonds is 7. The molecule has 9 heteroatoms. The molecule has 1 atom stereocenters. The Kier molecular flexibility index (Phi) is 6.22. The third-order valence-corrected chi connectivity index (χ3v) is 6.40. The maximum atomic E-state index is 12.2. The highest BCUT2D eigenvalue weighted by atomic mass is 35.5. The summed E-state index contributed by atoms with van der Waals surface area (Å²) in [7, 11) is -3.77. The van der Waals surface area contributed by atoms with E-state index in [9.17, 15) is 18.5 Å². The Balaban J connectivity index is 1.57. The molecule has 28 heavy (non-hydrogen) atoms. The quantitative estimate of drug-likeness (QED) is 0.376. The highest BCUT2D eigenvalue weighted by molar-refractivity contribution is 7.86. The van der Waals surface area contributed by atoms with E-state index in [1.807, 2.05) is 11.8 Å². The lowest BCUT2D eigenvalue weighted by Crippen LogP contribution is -2.21. The van der Waals surface area contributed by atoms with Crippen molar-refractivity contribution in [2.45, 2.75) is 24.7 Å². The van der Waals surface area contributed by atoms with Gasteiger partial charge >= 0.3 is 0 Å². The van der Waals surface area contributed by atoms with Crippen molar-refractivity contribution < 1.29 is 17.5 Å². The molecule has 0 aromatic heterocycles. The minimum atomic E-state index is -3.77. The third-order valence-electron chi connectivity index (χ3n) is 4.83. The highest BCUT2D eigenvalue weighted by Gasteiger charge is 2.28. The average molecular weight is 425 g/mol. The van der Waals surface area contributed by atoms with Crippen LogP contribution in [-0.4, -0.2) is 33.0 Å². The molecular weight excluding hydrogens is 404 g/mol. The minimum Gasteiger partial charge on any atom is -0.366 e. The summed E-state index contributed by atoms with van der Waals surface area (Å²) in [6.07, 6.45) is 1.37. The first-order chi connectivity index (χ1) is 13.3. The Bertz CT molecular complexity index is 963. The number of hydrogen-bond donors (Lipinski definition) is 0. The summed E-state index contributed by atoms with van der Waals surface area (Å²) in [5, 5.41) is 11.6. The third kappa shape index (κ3) is 4.81. The van der Waals surface area contributed by atoms with Crippen molar-refractivity contribution in [1.29, 1.82) is 0 Å². The van der Waals surface area contributed by atoms with Gasteiger partial charge in [0.25, 0.3) is 15.8 Å². The van der Waals surface area contributed by atoms with Gasteiger partial charge in [0, 0.05) is 24.2 Å². The van der Waals surface area contributed by atoms with Gasteiger partial charge in [0.2, 0.25) is 0 Å². The van der Waals surface area contributed by atoms with Gasteiger partial charge in [0.1, 0.15) is 5.69 Å². The van der Waals surface area contributed by atoms with Crippen molar-refractivity contribution in [3.8, 4) is 0 Å². The summed E-state index contributed by atoms with van der Waals surface area (Å²) in [4.78, 5) is 12.9. The van der Waals surface area contributed by atoms with Crippen LogP contribution in [0.3, 0.4) is 0 Å². The summed E-state index contributed by atoms with van der Waals surface area (Å²) in [6, 6.07) is 11.1. The molecule has 0 spiro atoms. The molecule has 2 aromatic rings. The highest BCUT2D eigenvalue weighted by Crippen LogP contribution is 2.35. The Morgan fingerprint density at radius 3 is 2.64 bits per heavy atom. The lowest BCUT2D eigenvalue weighted by atomic mass is 10.1. The molecule has 0 amide bonds. The number of nitro benzene ring substituents is 1. The fourth-order valence-electron chi connectivity index (χ4n) is 3.29. The van der Waals surface area contributed by atoms with Gasteiger partial charge in [-0.2, -0.15) is 8.42 Å². The van der Waals surface area contributed by atoms with Gasteiger partial charge in [0.15, 0.2) is 0 Å². The van der Waals surface area contributed by atoms with E-state index in [4.69, 9.17) is 15.8 Å². The van der Waals surface area contributed by atoms with Crippen LogP contribution < -0.4 is 4.90 Å². The van der Waals surface area contributed by atoms with Crippen LogP contribution in [-0.2, 0) is 14.3 Å². The van der Waals surface area contributed by atoms with Gasteiger partial charge in [0.05, 0.1) is 16.4 Å². The zero-order valence-electron chi connectivity index (χ0n) is 15.4. The molecule has 1 aliphatic rings. The first-order valence-corrected chi connectivity index (χ1v) is 10.7. The standard InChI is InChI=1S/C19H21ClN2O5S/c1-14-2-5-17(6-3-14)28(25,26)27-11-9-15-8-10-21(13-15)18-7-4-16(20)12-19(18)22(23)24/h2-7,12,15H,8-11,13H2,1H3. The van der Waals surface area contributed by atoms with Crippen LogP contribution in [0.5, 0.6) is 0 Å².